The second-order valence-electron chi connectivity index (χ2n) is 3.60. The Morgan fingerprint density at radius 1 is 1.11 bits per heavy atom. The van der Waals surface area contributed by atoms with Crippen molar-refractivity contribution in [2.75, 3.05) is 41.2 Å². The van der Waals surface area contributed by atoms with E-state index in [4.69, 9.17) is 4.52 Å². The van der Waals surface area contributed by atoms with Gasteiger partial charge in [-0.25, -0.2) is 0 Å². The van der Waals surface area contributed by atoms with Crippen molar-refractivity contribution in [2.45, 2.75) is 0 Å². The molecule has 0 aliphatic rings. The van der Waals surface area contributed by atoms with Crippen LogP contribution in [0.5, 0.6) is 0 Å². The van der Waals surface area contributed by atoms with E-state index in [2.05, 4.69) is 38.8 Å². The van der Waals surface area contributed by atoms with Gasteiger partial charge in [0, 0.05) is 0 Å². The molecule has 0 atom stereocenters. The van der Waals surface area contributed by atoms with E-state index in [0.717, 1.165) is 0 Å². The molecule has 2 nitrogen and oxygen atoms in total. The molecule has 0 aromatic rings. The molecule has 3 heteroatoms. The van der Waals surface area contributed by atoms with Crippen LogP contribution in [0.25, 0.3) is 0 Å². The molecule has 0 amide bonds. The first-order valence-electron chi connectivity index (χ1n) is 3.03. The van der Waals surface area contributed by atoms with Crippen LogP contribution in [0, 0.1) is 0 Å². The van der Waals surface area contributed by atoms with Gasteiger partial charge in [0.25, 0.3) is 0 Å². The molecule has 0 N–H and O–H groups in total. The van der Waals surface area contributed by atoms with Gasteiger partial charge >= 0.3 is 57.4 Å². The monoisotopic (exact) mass is 151 g/mol. The maximum absolute atomic E-state index is 5.44. The van der Waals surface area contributed by atoms with Gasteiger partial charge in [0.2, 0.25) is 0 Å². The van der Waals surface area contributed by atoms with Crippen LogP contribution >= 0.6 is 6.98 Å². The fourth-order valence-corrected chi connectivity index (χ4v) is 0.490. The average Bonchev–Trinajstić information content (AvgIpc) is 1.66. The van der Waals surface area contributed by atoms with Crippen molar-refractivity contribution in [2.24, 2.45) is 0 Å². The molecular weight excluding hydrogens is 133 g/mol. The van der Waals surface area contributed by atoms with Crippen LogP contribution in [0.2, 0.25) is 0 Å². The van der Waals surface area contributed by atoms with Crippen molar-refractivity contribution >= 4 is 6.98 Å². The van der Waals surface area contributed by atoms with Gasteiger partial charge in [-0.15, -0.1) is 0 Å². The maximum atomic E-state index is 5.44. The zero-order chi connectivity index (χ0) is 7.73. The molecule has 9 heavy (non-hydrogen) atoms. The molecule has 0 radical (unpaired) electrons. The quantitative estimate of drug-likeness (QED) is 0.554. The molecule has 0 spiro atoms. The fraction of sp³-hybridized carbons (Fsp3) is 1.00. The minimum atomic E-state index is -1.88. The van der Waals surface area contributed by atoms with Crippen LogP contribution in [0.4, 0.5) is 0 Å². The summed E-state index contributed by atoms with van der Waals surface area (Å²) >= 11 is 0. The molecule has 0 bridgehead atoms. The van der Waals surface area contributed by atoms with Gasteiger partial charge in [0.1, 0.15) is 0 Å². The number of rotatable bonds is 2. The zero-order valence-electron chi connectivity index (χ0n) is 7.30. The molecule has 58 valence electrons. The standard InChI is InChI=1S/C6H18NOP/c1-7(2)9(4,5,6)8-3/h1-6H3. The van der Waals surface area contributed by atoms with Gasteiger partial charge in [0.15, 0.2) is 0 Å². The second-order valence-corrected chi connectivity index (χ2v) is 9.91. The molecular formula is C6H18NOP. The Kier molecular flexibility index (Phi) is 2.28. The summed E-state index contributed by atoms with van der Waals surface area (Å²) in [5, 5.41) is 0. The van der Waals surface area contributed by atoms with Crippen LogP contribution in [0.15, 0.2) is 0 Å². The van der Waals surface area contributed by atoms with Gasteiger partial charge in [-0.1, -0.05) is 0 Å². The Balaban J connectivity index is 4.30. The summed E-state index contributed by atoms with van der Waals surface area (Å²) in [5.41, 5.74) is 0. The van der Waals surface area contributed by atoms with Gasteiger partial charge < -0.3 is 0 Å². The third-order valence-electron chi connectivity index (χ3n) is 1.99. The summed E-state index contributed by atoms with van der Waals surface area (Å²) in [6.45, 7) is 4.64. The molecule has 0 aliphatic carbocycles. The normalized spacial score (nSPS) is 17.4. The van der Waals surface area contributed by atoms with Crippen LogP contribution < -0.4 is 0 Å². The Morgan fingerprint density at radius 2 is 1.44 bits per heavy atom. The Labute approximate surface area is 58.2 Å². The van der Waals surface area contributed by atoms with E-state index in [1.807, 2.05) is 0 Å². The van der Waals surface area contributed by atoms with Crippen molar-refractivity contribution in [1.82, 2.24) is 4.67 Å². The van der Waals surface area contributed by atoms with Crippen molar-refractivity contribution in [3.63, 3.8) is 0 Å². The third-order valence-corrected chi connectivity index (χ3v) is 5.98. The molecule has 0 heterocycles. The predicted molar refractivity (Wildman–Crippen MR) is 45.4 cm³/mol. The van der Waals surface area contributed by atoms with E-state index in [9.17, 15) is 0 Å². The summed E-state index contributed by atoms with van der Waals surface area (Å²) in [7, 11) is 5.89. The molecule has 0 aliphatic heterocycles. The molecule has 0 aromatic carbocycles. The molecule has 0 unspecified atom stereocenters. The first kappa shape index (κ1) is 9.35. The topological polar surface area (TPSA) is 12.5 Å². The minimum absolute atomic E-state index is 1.78. The molecule has 0 fully saturated rings. The Hall–Kier alpha value is 0.350. The molecule has 0 aromatic heterocycles. The van der Waals surface area contributed by atoms with Crippen molar-refractivity contribution in [3.05, 3.63) is 0 Å². The second kappa shape index (κ2) is 2.19. The van der Waals surface area contributed by atoms with Gasteiger partial charge in [0.05, 0.1) is 0 Å². The molecule has 0 saturated heterocycles. The summed E-state index contributed by atoms with van der Waals surface area (Å²) in [6.07, 6.45) is 0. The zero-order valence-corrected chi connectivity index (χ0v) is 8.20. The van der Waals surface area contributed by atoms with Crippen LogP contribution in [-0.2, 0) is 4.52 Å². The van der Waals surface area contributed by atoms with Gasteiger partial charge in [-0.05, 0) is 0 Å². The Morgan fingerprint density at radius 3 is 1.44 bits per heavy atom. The van der Waals surface area contributed by atoms with Crippen LogP contribution in [-0.4, -0.2) is 45.9 Å². The number of hydrogen-bond acceptors (Lipinski definition) is 2. The molecule has 0 rings (SSSR count). The summed E-state index contributed by atoms with van der Waals surface area (Å²) in [5.74, 6) is 0. The van der Waals surface area contributed by atoms with Crippen LogP contribution in [0.3, 0.4) is 0 Å². The number of hydrogen-bond donors (Lipinski definition) is 0. The third kappa shape index (κ3) is 2.21. The fourth-order valence-electron chi connectivity index (χ4n) is 0.163. The van der Waals surface area contributed by atoms with Gasteiger partial charge in [-0.2, -0.15) is 0 Å². The first-order chi connectivity index (χ1) is 3.78. The average molecular weight is 151 g/mol. The summed E-state index contributed by atoms with van der Waals surface area (Å²) < 4.78 is 7.62. The van der Waals surface area contributed by atoms with E-state index >= 15 is 0 Å². The van der Waals surface area contributed by atoms with Crippen molar-refractivity contribution in [3.8, 4) is 0 Å². The van der Waals surface area contributed by atoms with E-state index in [-0.39, 0.29) is 0 Å². The van der Waals surface area contributed by atoms with E-state index in [0.29, 0.717) is 0 Å². The van der Waals surface area contributed by atoms with Crippen molar-refractivity contribution < 1.29 is 4.52 Å². The van der Waals surface area contributed by atoms with Crippen molar-refractivity contribution in [1.29, 1.82) is 0 Å². The van der Waals surface area contributed by atoms with Gasteiger partial charge in [-0.3, -0.25) is 0 Å². The molecule has 0 saturated carbocycles. The first-order valence-corrected chi connectivity index (χ1v) is 6.48. The van der Waals surface area contributed by atoms with E-state index < -0.39 is 6.98 Å². The Bertz CT molecular complexity index is 103. The SMILES string of the molecule is COP(C)(C)(C)N(C)C. The predicted octanol–water partition coefficient (Wildman–Crippen LogP) is 1.47. The number of nitrogens with zero attached hydrogens (tertiary/aromatic N) is 1. The summed E-state index contributed by atoms with van der Waals surface area (Å²) in [4.78, 5) is 0. The van der Waals surface area contributed by atoms with E-state index in [1.165, 1.54) is 0 Å². The van der Waals surface area contributed by atoms with Crippen LogP contribution in [0.1, 0.15) is 0 Å². The summed E-state index contributed by atoms with van der Waals surface area (Å²) in [6, 6.07) is 0. The van der Waals surface area contributed by atoms with E-state index in [1.54, 1.807) is 7.11 Å².